The van der Waals surface area contributed by atoms with Crippen LogP contribution in [0.25, 0.3) is 0 Å². The van der Waals surface area contributed by atoms with Crippen LogP contribution < -0.4 is 15.4 Å². The fourth-order valence-corrected chi connectivity index (χ4v) is 2.23. The van der Waals surface area contributed by atoms with Crippen molar-refractivity contribution in [2.24, 2.45) is 0 Å². The van der Waals surface area contributed by atoms with Crippen molar-refractivity contribution >= 4 is 11.7 Å². The van der Waals surface area contributed by atoms with Crippen LogP contribution in [-0.2, 0) is 4.74 Å². The molecule has 2 amide bonds. The summed E-state index contributed by atoms with van der Waals surface area (Å²) < 4.78 is 11.1. The summed E-state index contributed by atoms with van der Waals surface area (Å²) in [7, 11) is 0. The SMILES string of the molecule is CC(C)Oc1ccc(C#N)cc1NC(=O)NCC1CCCO1. The second-order valence-corrected chi connectivity index (χ2v) is 5.46. The van der Waals surface area contributed by atoms with Gasteiger partial charge in [-0.05, 0) is 44.9 Å². The Kier molecular flexibility index (Phi) is 5.61. The molecule has 0 aromatic heterocycles. The summed E-state index contributed by atoms with van der Waals surface area (Å²) in [6, 6.07) is 6.67. The lowest BCUT2D eigenvalue weighted by Crippen LogP contribution is -2.35. The molecule has 1 aliphatic rings. The van der Waals surface area contributed by atoms with Gasteiger partial charge in [-0.25, -0.2) is 4.79 Å². The molecule has 1 aromatic rings. The van der Waals surface area contributed by atoms with Gasteiger partial charge in [-0.1, -0.05) is 0 Å². The molecule has 1 heterocycles. The summed E-state index contributed by atoms with van der Waals surface area (Å²) in [5.74, 6) is 0.543. The molecular formula is C16H21N3O3. The van der Waals surface area contributed by atoms with Crippen molar-refractivity contribution in [3.63, 3.8) is 0 Å². The predicted molar refractivity (Wildman–Crippen MR) is 82.9 cm³/mol. The molecule has 22 heavy (non-hydrogen) atoms. The van der Waals surface area contributed by atoms with Gasteiger partial charge in [-0.2, -0.15) is 5.26 Å². The van der Waals surface area contributed by atoms with Crippen molar-refractivity contribution in [3.8, 4) is 11.8 Å². The van der Waals surface area contributed by atoms with Crippen LogP contribution in [0.5, 0.6) is 5.75 Å². The Bertz CT molecular complexity index is 560. The zero-order chi connectivity index (χ0) is 15.9. The number of carbonyl (C=O) groups excluding carboxylic acids is 1. The molecule has 118 valence electrons. The van der Waals surface area contributed by atoms with Crippen molar-refractivity contribution in [2.75, 3.05) is 18.5 Å². The Hall–Kier alpha value is -2.26. The lowest BCUT2D eigenvalue weighted by atomic mass is 10.2. The minimum absolute atomic E-state index is 0.0246. The van der Waals surface area contributed by atoms with E-state index in [4.69, 9.17) is 14.7 Å². The highest BCUT2D eigenvalue weighted by Gasteiger charge is 2.17. The van der Waals surface area contributed by atoms with E-state index in [1.54, 1.807) is 18.2 Å². The lowest BCUT2D eigenvalue weighted by molar-refractivity contribution is 0.112. The number of nitrogens with zero attached hydrogens (tertiary/aromatic N) is 1. The smallest absolute Gasteiger partial charge is 0.319 e. The second kappa shape index (κ2) is 7.66. The molecule has 2 N–H and O–H groups in total. The minimum Gasteiger partial charge on any atom is -0.489 e. The molecule has 2 rings (SSSR count). The molecule has 0 aliphatic carbocycles. The monoisotopic (exact) mass is 303 g/mol. The van der Waals surface area contributed by atoms with Crippen molar-refractivity contribution in [3.05, 3.63) is 23.8 Å². The van der Waals surface area contributed by atoms with Gasteiger partial charge in [0.2, 0.25) is 0 Å². The molecule has 0 radical (unpaired) electrons. The molecule has 1 aromatic carbocycles. The summed E-state index contributed by atoms with van der Waals surface area (Å²) in [6.45, 7) is 5.04. The normalized spacial score (nSPS) is 17.1. The van der Waals surface area contributed by atoms with Gasteiger partial charge in [-0.3, -0.25) is 0 Å². The van der Waals surface area contributed by atoms with Crippen LogP contribution in [0.15, 0.2) is 18.2 Å². The first kappa shape index (κ1) is 16.1. The Morgan fingerprint density at radius 3 is 3.00 bits per heavy atom. The van der Waals surface area contributed by atoms with Gasteiger partial charge >= 0.3 is 6.03 Å². The molecule has 6 nitrogen and oxygen atoms in total. The molecule has 0 bridgehead atoms. The molecule has 6 heteroatoms. The van der Waals surface area contributed by atoms with Crippen LogP contribution >= 0.6 is 0 Å². The number of amides is 2. The molecule has 1 aliphatic heterocycles. The van der Waals surface area contributed by atoms with E-state index >= 15 is 0 Å². The van der Waals surface area contributed by atoms with Gasteiger partial charge in [0, 0.05) is 13.2 Å². The van der Waals surface area contributed by atoms with Crippen molar-refractivity contribution < 1.29 is 14.3 Å². The summed E-state index contributed by atoms with van der Waals surface area (Å²) in [5, 5.41) is 14.5. The molecule has 0 saturated carbocycles. The van der Waals surface area contributed by atoms with Crippen molar-refractivity contribution in [1.82, 2.24) is 5.32 Å². The van der Waals surface area contributed by atoms with E-state index in [0.717, 1.165) is 19.4 Å². The number of nitriles is 1. The van der Waals surface area contributed by atoms with E-state index in [0.29, 0.717) is 23.5 Å². The minimum atomic E-state index is -0.334. The van der Waals surface area contributed by atoms with E-state index in [9.17, 15) is 4.79 Å². The maximum Gasteiger partial charge on any atom is 0.319 e. The third kappa shape index (κ3) is 4.64. The van der Waals surface area contributed by atoms with Gasteiger partial charge in [0.15, 0.2) is 0 Å². The van der Waals surface area contributed by atoms with Gasteiger partial charge in [0.1, 0.15) is 5.75 Å². The topological polar surface area (TPSA) is 83.4 Å². The first-order chi connectivity index (χ1) is 10.6. The number of urea groups is 1. The third-order valence-electron chi connectivity index (χ3n) is 3.23. The molecule has 1 atom stereocenters. The maximum atomic E-state index is 12.0. The lowest BCUT2D eigenvalue weighted by Gasteiger charge is -2.16. The number of rotatable bonds is 5. The summed E-state index contributed by atoms with van der Waals surface area (Å²) in [6.07, 6.45) is 2.06. The van der Waals surface area contributed by atoms with Crippen LogP contribution in [0.1, 0.15) is 32.3 Å². The average Bonchev–Trinajstić information content (AvgIpc) is 3.00. The van der Waals surface area contributed by atoms with E-state index in [-0.39, 0.29) is 18.2 Å². The highest BCUT2D eigenvalue weighted by Crippen LogP contribution is 2.26. The zero-order valence-electron chi connectivity index (χ0n) is 12.9. The number of hydrogen-bond acceptors (Lipinski definition) is 4. The van der Waals surface area contributed by atoms with Crippen LogP contribution in [-0.4, -0.2) is 31.4 Å². The number of nitrogens with one attached hydrogen (secondary N) is 2. The number of ether oxygens (including phenoxy) is 2. The van der Waals surface area contributed by atoms with Crippen LogP contribution in [0.3, 0.4) is 0 Å². The Balaban J connectivity index is 1.99. The summed E-state index contributed by atoms with van der Waals surface area (Å²) in [5.41, 5.74) is 0.947. The Morgan fingerprint density at radius 1 is 1.55 bits per heavy atom. The standard InChI is InChI=1S/C16H21N3O3/c1-11(2)22-15-6-5-12(9-17)8-14(15)19-16(20)18-10-13-4-3-7-21-13/h5-6,8,11,13H,3-4,7,10H2,1-2H3,(H2,18,19,20). The highest BCUT2D eigenvalue weighted by atomic mass is 16.5. The van der Waals surface area contributed by atoms with Gasteiger partial charge in [0.25, 0.3) is 0 Å². The van der Waals surface area contributed by atoms with Crippen LogP contribution in [0.2, 0.25) is 0 Å². The molecular weight excluding hydrogens is 282 g/mol. The summed E-state index contributed by atoms with van der Waals surface area (Å²) in [4.78, 5) is 12.0. The maximum absolute atomic E-state index is 12.0. The quantitative estimate of drug-likeness (QED) is 0.876. The number of anilines is 1. The average molecular weight is 303 g/mol. The van der Waals surface area contributed by atoms with Crippen molar-refractivity contribution in [2.45, 2.75) is 38.9 Å². The highest BCUT2D eigenvalue weighted by molar-refractivity contribution is 5.91. The fourth-order valence-electron chi connectivity index (χ4n) is 2.23. The number of hydrogen-bond donors (Lipinski definition) is 2. The van der Waals surface area contributed by atoms with Gasteiger partial charge in [0.05, 0.1) is 29.5 Å². The Labute approximate surface area is 130 Å². The molecule has 1 fully saturated rings. The van der Waals surface area contributed by atoms with Crippen LogP contribution in [0, 0.1) is 11.3 Å². The largest absolute Gasteiger partial charge is 0.489 e. The van der Waals surface area contributed by atoms with E-state index in [2.05, 4.69) is 16.7 Å². The number of carbonyl (C=O) groups is 1. The molecule has 1 saturated heterocycles. The Morgan fingerprint density at radius 2 is 2.36 bits per heavy atom. The second-order valence-electron chi connectivity index (χ2n) is 5.46. The fraction of sp³-hybridized carbons (Fsp3) is 0.500. The third-order valence-corrected chi connectivity index (χ3v) is 3.23. The van der Waals surface area contributed by atoms with E-state index in [1.165, 1.54) is 0 Å². The molecule has 0 spiro atoms. The molecule has 1 unspecified atom stereocenters. The first-order valence-corrected chi connectivity index (χ1v) is 7.45. The zero-order valence-corrected chi connectivity index (χ0v) is 12.9. The first-order valence-electron chi connectivity index (χ1n) is 7.45. The predicted octanol–water partition coefficient (Wildman–Crippen LogP) is 2.65. The van der Waals surface area contributed by atoms with Gasteiger partial charge in [-0.15, -0.1) is 0 Å². The van der Waals surface area contributed by atoms with Crippen LogP contribution in [0.4, 0.5) is 10.5 Å². The summed E-state index contributed by atoms with van der Waals surface area (Å²) >= 11 is 0. The van der Waals surface area contributed by atoms with Gasteiger partial charge < -0.3 is 20.1 Å². The number of benzene rings is 1. The van der Waals surface area contributed by atoms with Crippen molar-refractivity contribution in [1.29, 1.82) is 5.26 Å². The van der Waals surface area contributed by atoms with E-state index < -0.39 is 0 Å². The van der Waals surface area contributed by atoms with E-state index in [1.807, 2.05) is 13.8 Å².